The van der Waals surface area contributed by atoms with Gasteiger partial charge in [0.25, 0.3) is 0 Å². The Kier molecular flexibility index (Phi) is 4.49. The monoisotopic (exact) mass is 396 g/mol. The van der Waals surface area contributed by atoms with E-state index in [1.165, 1.54) is 6.92 Å². The highest BCUT2D eigenvalue weighted by atomic mass is 19.1. The van der Waals surface area contributed by atoms with Crippen molar-refractivity contribution in [2.24, 2.45) is 0 Å². The van der Waals surface area contributed by atoms with Crippen LogP contribution in [0.15, 0.2) is 18.1 Å². The van der Waals surface area contributed by atoms with Crippen LogP contribution >= 0.6 is 0 Å². The number of carbonyl (C=O) groups is 2. The van der Waals surface area contributed by atoms with E-state index in [0.29, 0.717) is 13.1 Å². The lowest BCUT2D eigenvalue weighted by Crippen LogP contribution is -2.52. The molecule has 3 rings (SSSR count). The van der Waals surface area contributed by atoms with Crippen molar-refractivity contribution >= 4 is 23.4 Å². The number of nitrogens with zero attached hydrogens (tertiary/aromatic N) is 2. The zero-order valence-electron chi connectivity index (χ0n) is 19.8. The first-order valence-electron chi connectivity index (χ1n) is 10.8. The highest BCUT2D eigenvalue weighted by Crippen LogP contribution is 2.33. The fourth-order valence-corrected chi connectivity index (χ4v) is 3.70. The molecule has 7 nitrogen and oxygen atoms in total. The second-order valence-electron chi connectivity index (χ2n) is 7.92. The number of carbonyl (C=O) groups excluding carboxylic acids is 2. The van der Waals surface area contributed by atoms with Gasteiger partial charge < -0.3 is 19.7 Å². The van der Waals surface area contributed by atoms with E-state index < -0.39 is 47.8 Å². The van der Waals surface area contributed by atoms with Gasteiger partial charge in [-0.25, -0.2) is 9.18 Å². The Hall–Kier alpha value is -2.35. The lowest BCUT2D eigenvalue weighted by molar-refractivity contribution is -0.119. The minimum atomic E-state index is -0.966. The van der Waals surface area contributed by atoms with E-state index in [-0.39, 0.29) is 29.9 Å². The summed E-state index contributed by atoms with van der Waals surface area (Å²) in [5, 5.41) is 2.56. The van der Waals surface area contributed by atoms with Gasteiger partial charge in [0.2, 0.25) is 5.91 Å². The zero-order chi connectivity index (χ0) is 23.2. The van der Waals surface area contributed by atoms with Crippen molar-refractivity contribution in [3.63, 3.8) is 0 Å². The van der Waals surface area contributed by atoms with Gasteiger partial charge in [0.15, 0.2) is 0 Å². The molecule has 1 aromatic rings. The molecule has 0 bridgehead atoms. The molecule has 154 valence electrons. The van der Waals surface area contributed by atoms with Crippen molar-refractivity contribution in [3.05, 3.63) is 23.9 Å². The van der Waals surface area contributed by atoms with Crippen molar-refractivity contribution in [1.29, 1.82) is 0 Å². The van der Waals surface area contributed by atoms with Crippen LogP contribution in [-0.4, -0.2) is 55.5 Å². The Morgan fingerprint density at radius 1 is 1.43 bits per heavy atom. The lowest BCUT2D eigenvalue weighted by Gasteiger charge is -2.43. The number of halogens is 1. The molecule has 3 atom stereocenters. The Morgan fingerprint density at radius 2 is 2.14 bits per heavy atom. The summed E-state index contributed by atoms with van der Waals surface area (Å²) in [6.45, 7) is 9.15. The first-order valence-corrected chi connectivity index (χ1v) is 9.30. The van der Waals surface area contributed by atoms with Crippen LogP contribution in [0.2, 0.25) is 0 Å². The van der Waals surface area contributed by atoms with Crippen molar-refractivity contribution in [1.82, 2.24) is 5.32 Å². The van der Waals surface area contributed by atoms with Gasteiger partial charge in [-0.15, -0.1) is 0 Å². The molecule has 2 unspecified atom stereocenters. The predicted octanol–water partition coefficient (Wildman–Crippen LogP) is 2.68. The first kappa shape index (κ1) is 16.6. The molecule has 2 fully saturated rings. The van der Waals surface area contributed by atoms with E-state index in [2.05, 4.69) is 5.32 Å². The number of benzene rings is 1. The van der Waals surface area contributed by atoms with E-state index in [4.69, 9.17) is 13.6 Å². The van der Waals surface area contributed by atoms with E-state index >= 15 is 4.39 Å². The van der Waals surface area contributed by atoms with Gasteiger partial charge in [0.05, 0.1) is 39.8 Å². The number of anilines is 2. The number of cyclic esters (lactones) is 1. The van der Waals surface area contributed by atoms with Crippen LogP contribution in [0.5, 0.6) is 0 Å². The van der Waals surface area contributed by atoms with Crippen LogP contribution < -0.4 is 15.1 Å². The first-order chi connectivity index (χ1) is 14.3. The molecule has 2 heterocycles. The predicted molar refractivity (Wildman–Crippen MR) is 104 cm³/mol. The zero-order valence-corrected chi connectivity index (χ0v) is 16.8. The lowest BCUT2D eigenvalue weighted by atomic mass is 10.0. The molecule has 28 heavy (non-hydrogen) atoms. The van der Waals surface area contributed by atoms with Crippen molar-refractivity contribution in [3.8, 4) is 0 Å². The highest BCUT2D eigenvalue weighted by molar-refractivity contribution is 5.91. The summed E-state index contributed by atoms with van der Waals surface area (Å²) in [5.74, 6) is -1.26. The number of ether oxygens (including phenoxy) is 2. The van der Waals surface area contributed by atoms with Gasteiger partial charge in [-0.3, -0.25) is 9.69 Å². The standard InChI is InChI=1S/C20H28FN3O4/c1-12-10-23(11-20(4,5)28-12)17-7-6-15(8-16(17)21)24-13(2)18(27-19(24)26)9-22-14(3)25/h6-8,12-13,18H,9-11H2,1-5H3,(H,22,25)/t12?,13?,18-/m0/s1/i6D,7D,8D. The number of hydrogen-bond donors (Lipinski definition) is 1. The molecule has 2 aliphatic heterocycles. The summed E-state index contributed by atoms with van der Waals surface area (Å²) in [4.78, 5) is 26.3. The normalized spacial score (nSPS) is 28.4. The minimum Gasteiger partial charge on any atom is -0.442 e. The van der Waals surface area contributed by atoms with Gasteiger partial charge in [0, 0.05) is 20.0 Å². The topological polar surface area (TPSA) is 71.1 Å². The third kappa shape index (κ3) is 4.22. The molecule has 0 radical (unpaired) electrons. The molecule has 2 saturated heterocycles. The molecular weight excluding hydrogens is 365 g/mol. The maximum absolute atomic E-state index is 15.4. The number of hydrogen-bond acceptors (Lipinski definition) is 5. The number of rotatable bonds is 4. The number of amides is 2. The quantitative estimate of drug-likeness (QED) is 0.847. The van der Waals surface area contributed by atoms with Crippen LogP contribution in [0.25, 0.3) is 0 Å². The SMILES string of the molecule is [2H]c1c([2H])c(N2C(=O)O[C@@H](CNC(C)=O)C2C)c([2H])c(F)c1N1CC(C)OC(C)(C)C1. The fraction of sp³-hybridized carbons (Fsp3) is 0.600. The summed E-state index contributed by atoms with van der Waals surface area (Å²) in [5.41, 5.74) is -1.05. The maximum atomic E-state index is 15.4. The van der Waals surface area contributed by atoms with Gasteiger partial charge in [-0.2, -0.15) is 0 Å². The third-order valence-corrected chi connectivity index (χ3v) is 4.81. The molecule has 8 heteroatoms. The van der Waals surface area contributed by atoms with Gasteiger partial charge in [-0.1, -0.05) is 0 Å². The Bertz CT molecular complexity index is 885. The summed E-state index contributed by atoms with van der Waals surface area (Å²) in [6.07, 6.45) is -1.81. The molecule has 0 aromatic heterocycles. The molecule has 2 aliphatic rings. The Labute approximate surface area is 169 Å². The average molecular weight is 396 g/mol. The van der Waals surface area contributed by atoms with Gasteiger partial charge in [0.1, 0.15) is 11.9 Å². The summed E-state index contributed by atoms with van der Waals surface area (Å²) in [7, 11) is 0. The molecular formula is C20H28FN3O4. The second-order valence-corrected chi connectivity index (χ2v) is 7.92. The average Bonchev–Trinajstić information content (AvgIpc) is 2.91. The molecule has 0 saturated carbocycles. The summed E-state index contributed by atoms with van der Waals surface area (Å²) < 4.78 is 51.8. The maximum Gasteiger partial charge on any atom is 0.415 e. The Balaban J connectivity index is 2.01. The minimum absolute atomic E-state index is 0.0501. The third-order valence-electron chi connectivity index (χ3n) is 4.81. The molecule has 1 N–H and O–H groups in total. The van der Waals surface area contributed by atoms with Crippen LogP contribution in [0.4, 0.5) is 20.6 Å². The van der Waals surface area contributed by atoms with Gasteiger partial charge >= 0.3 is 6.09 Å². The van der Waals surface area contributed by atoms with Crippen LogP contribution in [0.3, 0.4) is 0 Å². The van der Waals surface area contributed by atoms with E-state index in [1.807, 2.05) is 20.8 Å². The summed E-state index contributed by atoms with van der Waals surface area (Å²) >= 11 is 0. The molecule has 2 amide bonds. The fourth-order valence-electron chi connectivity index (χ4n) is 3.70. The molecule has 1 aromatic carbocycles. The van der Waals surface area contributed by atoms with Gasteiger partial charge in [-0.05, 0) is 45.8 Å². The smallest absolute Gasteiger partial charge is 0.415 e. The molecule has 0 spiro atoms. The van der Waals surface area contributed by atoms with E-state index in [9.17, 15) is 9.59 Å². The Morgan fingerprint density at radius 3 is 2.79 bits per heavy atom. The molecule has 0 aliphatic carbocycles. The number of nitrogens with one attached hydrogen (secondary N) is 1. The van der Waals surface area contributed by atoms with Crippen molar-refractivity contribution in [2.45, 2.75) is 58.5 Å². The van der Waals surface area contributed by atoms with Crippen LogP contribution in [0, 0.1) is 5.82 Å². The van der Waals surface area contributed by atoms with Crippen molar-refractivity contribution in [2.75, 3.05) is 29.4 Å². The van der Waals surface area contributed by atoms with E-state index in [1.54, 1.807) is 11.8 Å². The van der Waals surface area contributed by atoms with E-state index in [0.717, 1.165) is 4.90 Å². The summed E-state index contributed by atoms with van der Waals surface area (Å²) in [6, 6.07) is -2.14. The highest BCUT2D eigenvalue weighted by Gasteiger charge is 2.40. The van der Waals surface area contributed by atoms with Crippen molar-refractivity contribution < 1.29 is 27.6 Å². The largest absolute Gasteiger partial charge is 0.442 e. The van der Waals surface area contributed by atoms with Crippen LogP contribution in [0.1, 0.15) is 38.7 Å². The second kappa shape index (κ2) is 7.58. The number of morpholine rings is 1. The van der Waals surface area contributed by atoms with Crippen LogP contribution in [-0.2, 0) is 14.3 Å².